The van der Waals surface area contributed by atoms with Gasteiger partial charge in [0.2, 0.25) is 0 Å². The van der Waals surface area contributed by atoms with Crippen molar-refractivity contribution in [2.75, 3.05) is 45.8 Å². The Morgan fingerprint density at radius 2 is 2.05 bits per heavy atom. The van der Waals surface area contributed by atoms with Crippen LogP contribution in [0.25, 0.3) is 0 Å². The number of aliphatic hydroxyl groups excluding tert-OH is 1. The average Bonchev–Trinajstić information content (AvgIpc) is 2.88. The number of hydrogen-bond acceptors (Lipinski definition) is 3. The monoisotopic (exact) mass is 284 g/mol. The van der Waals surface area contributed by atoms with Crippen molar-refractivity contribution in [3.8, 4) is 0 Å². The van der Waals surface area contributed by atoms with E-state index in [2.05, 4.69) is 40.9 Å². The van der Waals surface area contributed by atoms with E-state index in [1.54, 1.807) is 0 Å². The van der Waals surface area contributed by atoms with Gasteiger partial charge in [-0.15, -0.1) is 0 Å². The molecule has 0 aromatic heterocycles. The molecule has 2 N–H and O–H groups in total. The van der Waals surface area contributed by atoms with Gasteiger partial charge in [0.1, 0.15) is 0 Å². The lowest BCUT2D eigenvalue weighted by Crippen LogP contribution is -2.40. The molecular formula is C15H32N4O. The number of nitrogens with zero attached hydrogens (tertiary/aromatic N) is 3. The molecule has 0 aromatic carbocycles. The van der Waals surface area contributed by atoms with Gasteiger partial charge in [0.15, 0.2) is 5.96 Å². The maximum absolute atomic E-state index is 9.61. The zero-order chi connectivity index (χ0) is 14.8. The maximum atomic E-state index is 9.61. The molecule has 20 heavy (non-hydrogen) atoms. The van der Waals surface area contributed by atoms with E-state index in [4.69, 9.17) is 0 Å². The summed E-state index contributed by atoms with van der Waals surface area (Å²) < 4.78 is 0. The minimum atomic E-state index is -0.193. The van der Waals surface area contributed by atoms with Gasteiger partial charge in [-0.3, -0.25) is 4.99 Å². The molecule has 1 aliphatic heterocycles. The van der Waals surface area contributed by atoms with Crippen molar-refractivity contribution < 1.29 is 5.11 Å². The van der Waals surface area contributed by atoms with Gasteiger partial charge in [0.25, 0.3) is 0 Å². The van der Waals surface area contributed by atoms with Crippen molar-refractivity contribution >= 4 is 5.96 Å². The first-order valence-corrected chi connectivity index (χ1v) is 8.14. The summed E-state index contributed by atoms with van der Waals surface area (Å²) in [6.07, 6.45) is 2.99. The van der Waals surface area contributed by atoms with Crippen molar-refractivity contribution in [1.29, 1.82) is 0 Å². The molecule has 1 aliphatic rings. The van der Waals surface area contributed by atoms with Crippen LogP contribution in [0.2, 0.25) is 0 Å². The smallest absolute Gasteiger partial charge is 0.194 e. The van der Waals surface area contributed by atoms with E-state index in [0.717, 1.165) is 51.5 Å². The number of aliphatic imine (C=N–C) groups is 1. The molecule has 0 spiro atoms. The topological polar surface area (TPSA) is 51.1 Å². The largest absolute Gasteiger partial charge is 0.391 e. The van der Waals surface area contributed by atoms with Crippen LogP contribution in [0.1, 0.15) is 40.0 Å². The number of hydrogen-bond donors (Lipinski definition) is 2. The summed E-state index contributed by atoms with van der Waals surface area (Å²) in [5, 5.41) is 12.9. The maximum Gasteiger partial charge on any atom is 0.194 e. The van der Waals surface area contributed by atoms with Crippen LogP contribution in [-0.2, 0) is 0 Å². The lowest BCUT2D eigenvalue weighted by atomic mass is 10.3. The van der Waals surface area contributed by atoms with Gasteiger partial charge in [-0.25, -0.2) is 0 Å². The summed E-state index contributed by atoms with van der Waals surface area (Å²) in [5.74, 6) is 0.965. The summed E-state index contributed by atoms with van der Waals surface area (Å²) in [6.45, 7) is 13.3. The van der Waals surface area contributed by atoms with Crippen LogP contribution in [0.3, 0.4) is 0 Å². The fourth-order valence-corrected chi connectivity index (χ4v) is 2.53. The Morgan fingerprint density at radius 3 is 2.60 bits per heavy atom. The summed E-state index contributed by atoms with van der Waals surface area (Å²) >= 11 is 0. The van der Waals surface area contributed by atoms with E-state index in [1.807, 2.05) is 0 Å². The third-order valence-electron chi connectivity index (χ3n) is 3.84. The van der Waals surface area contributed by atoms with Gasteiger partial charge in [0, 0.05) is 26.2 Å². The molecule has 0 radical (unpaired) electrons. The van der Waals surface area contributed by atoms with Crippen molar-refractivity contribution in [3.63, 3.8) is 0 Å². The van der Waals surface area contributed by atoms with Crippen LogP contribution in [0.15, 0.2) is 4.99 Å². The molecule has 5 heteroatoms. The first-order chi connectivity index (χ1) is 9.71. The Hall–Kier alpha value is -0.810. The zero-order valence-corrected chi connectivity index (χ0v) is 13.4. The van der Waals surface area contributed by atoms with Crippen molar-refractivity contribution in [2.24, 2.45) is 4.99 Å². The fraction of sp³-hybridized carbons (Fsp3) is 0.933. The van der Waals surface area contributed by atoms with Gasteiger partial charge in [-0.1, -0.05) is 13.8 Å². The number of unbranched alkanes of at least 4 members (excludes halogenated alkanes) is 1. The molecule has 118 valence electrons. The highest BCUT2D eigenvalue weighted by Crippen LogP contribution is 2.09. The van der Waals surface area contributed by atoms with E-state index in [-0.39, 0.29) is 6.10 Å². The predicted molar refractivity (Wildman–Crippen MR) is 85.2 cm³/mol. The normalized spacial score (nSPS) is 19.9. The van der Waals surface area contributed by atoms with Gasteiger partial charge in [-0.2, -0.15) is 0 Å². The molecule has 1 rings (SSSR count). The molecule has 0 unspecified atom stereocenters. The van der Waals surface area contributed by atoms with Crippen LogP contribution in [-0.4, -0.2) is 72.8 Å². The predicted octanol–water partition coefficient (Wildman–Crippen LogP) is 1.14. The van der Waals surface area contributed by atoms with E-state index >= 15 is 0 Å². The lowest BCUT2D eigenvalue weighted by molar-refractivity contribution is 0.188. The van der Waals surface area contributed by atoms with Crippen LogP contribution < -0.4 is 5.32 Å². The molecule has 1 saturated heterocycles. The Labute approximate surface area is 124 Å². The van der Waals surface area contributed by atoms with Crippen molar-refractivity contribution in [2.45, 2.75) is 46.1 Å². The summed E-state index contributed by atoms with van der Waals surface area (Å²) in [5.41, 5.74) is 0. The van der Waals surface area contributed by atoms with Gasteiger partial charge in [-0.05, 0) is 45.8 Å². The molecule has 1 heterocycles. The first kappa shape index (κ1) is 17.2. The molecule has 1 fully saturated rings. The van der Waals surface area contributed by atoms with Gasteiger partial charge in [0.05, 0.1) is 6.10 Å². The van der Waals surface area contributed by atoms with Crippen LogP contribution in [0.4, 0.5) is 0 Å². The first-order valence-electron chi connectivity index (χ1n) is 8.14. The van der Waals surface area contributed by atoms with E-state index in [1.165, 1.54) is 13.0 Å². The van der Waals surface area contributed by atoms with Gasteiger partial charge >= 0.3 is 0 Å². The highest BCUT2D eigenvalue weighted by atomic mass is 16.3. The Morgan fingerprint density at radius 1 is 1.30 bits per heavy atom. The average molecular weight is 284 g/mol. The molecule has 0 bridgehead atoms. The second-order valence-corrected chi connectivity index (χ2v) is 5.36. The number of rotatable bonds is 8. The highest BCUT2D eigenvalue weighted by Gasteiger charge is 2.22. The van der Waals surface area contributed by atoms with E-state index < -0.39 is 0 Å². The second-order valence-electron chi connectivity index (χ2n) is 5.36. The fourth-order valence-electron chi connectivity index (χ4n) is 2.53. The number of nitrogens with one attached hydrogen (secondary N) is 1. The lowest BCUT2D eigenvalue weighted by Gasteiger charge is -2.21. The minimum Gasteiger partial charge on any atom is -0.391 e. The van der Waals surface area contributed by atoms with E-state index in [9.17, 15) is 5.11 Å². The minimum absolute atomic E-state index is 0.193. The Kier molecular flexibility index (Phi) is 8.62. The van der Waals surface area contributed by atoms with Crippen molar-refractivity contribution in [1.82, 2.24) is 15.1 Å². The summed E-state index contributed by atoms with van der Waals surface area (Å²) in [7, 11) is 0. The molecule has 0 aliphatic carbocycles. The number of guanidine groups is 1. The van der Waals surface area contributed by atoms with E-state index in [0.29, 0.717) is 6.54 Å². The van der Waals surface area contributed by atoms with Crippen molar-refractivity contribution in [3.05, 3.63) is 0 Å². The van der Waals surface area contributed by atoms with Crippen LogP contribution in [0.5, 0.6) is 0 Å². The standard InChI is InChI=1S/C15H32N4O/c1-4-16-15(19-12-9-14(20)13-19)17-10-7-8-11-18(5-2)6-3/h14,20H,4-13H2,1-3H3,(H,16,17)/t14-/m1/s1. The third-order valence-corrected chi connectivity index (χ3v) is 3.84. The molecule has 1 atom stereocenters. The molecular weight excluding hydrogens is 252 g/mol. The molecule has 5 nitrogen and oxygen atoms in total. The number of aliphatic hydroxyl groups is 1. The molecule has 0 saturated carbocycles. The Balaban J connectivity index is 2.28. The summed E-state index contributed by atoms with van der Waals surface area (Å²) in [4.78, 5) is 9.30. The number of β-amino-alcohol motifs (C(OH)–C–C–N with tert-alkyl or cyclic N) is 1. The quantitative estimate of drug-likeness (QED) is 0.399. The SMILES string of the molecule is CCNC(=NCCCCN(CC)CC)N1CC[C@@H](O)C1. The molecule has 0 aromatic rings. The van der Waals surface area contributed by atoms with Gasteiger partial charge < -0.3 is 20.2 Å². The molecule has 0 amide bonds. The zero-order valence-electron chi connectivity index (χ0n) is 13.4. The van der Waals surface area contributed by atoms with Crippen LogP contribution in [0, 0.1) is 0 Å². The third kappa shape index (κ3) is 6.09. The highest BCUT2D eigenvalue weighted by molar-refractivity contribution is 5.80. The number of likely N-dealkylation sites (tertiary alicyclic amines) is 1. The second kappa shape index (κ2) is 10.00. The Bertz CT molecular complexity index is 279. The van der Waals surface area contributed by atoms with Crippen LogP contribution >= 0.6 is 0 Å². The summed E-state index contributed by atoms with van der Waals surface area (Å²) in [6, 6.07) is 0.